The van der Waals surface area contributed by atoms with E-state index in [0.29, 0.717) is 12.0 Å². The highest BCUT2D eigenvalue weighted by Crippen LogP contribution is 2.37. The second-order valence-electron chi connectivity index (χ2n) is 5.45. The molecule has 3 atom stereocenters. The maximum Gasteiger partial charge on any atom is 0.0191 e. The van der Waals surface area contributed by atoms with E-state index in [0.717, 1.165) is 18.5 Å². The quantitative estimate of drug-likeness (QED) is 0.746. The van der Waals surface area contributed by atoms with Crippen LogP contribution in [0.15, 0.2) is 0 Å². The first-order chi connectivity index (χ1) is 6.68. The van der Waals surface area contributed by atoms with Gasteiger partial charge in [0.25, 0.3) is 0 Å². The van der Waals surface area contributed by atoms with Gasteiger partial charge in [-0.05, 0) is 37.6 Å². The standard InChI is InChI=1S/C12H24N2/c1-9(2)11(13)8-14-7-6-10-4-3-5-12(10)14/h9-12H,3-8,13H2,1-2H3/t10?,11-,12?/m0/s1. The van der Waals surface area contributed by atoms with Gasteiger partial charge in [0.2, 0.25) is 0 Å². The molecular weight excluding hydrogens is 172 g/mol. The fourth-order valence-corrected chi connectivity index (χ4v) is 3.04. The van der Waals surface area contributed by atoms with Gasteiger partial charge < -0.3 is 5.73 Å². The maximum atomic E-state index is 6.14. The average Bonchev–Trinajstić information content (AvgIpc) is 2.69. The Labute approximate surface area is 87.8 Å². The third-order valence-corrected chi connectivity index (χ3v) is 4.18. The van der Waals surface area contributed by atoms with Gasteiger partial charge in [0, 0.05) is 18.6 Å². The van der Waals surface area contributed by atoms with E-state index in [1.165, 1.54) is 32.2 Å². The summed E-state index contributed by atoms with van der Waals surface area (Å²) in [4.78, 5) is 2.66. The molecule has 1 heterocycles. The van der Waals surface area contributed by atoms with E-state index >= 15 is 0 Å². The number of hydrogen-bond acceptors (Lipinski definition) is 2. The molecule has 1 aliphatic heterocycles. The molecule has 1 saturated heterocycles. The monoisotopic (exact) mass is 196 g/mol. The maximum absolute atomic E-state index is 6.14. The lowest BCUT2D eigenvalue weighted by Gasteiger charge is -2.28. The van der Waals surface area contributed by atoms with E-state index in [1.54, 1.807) is 0 Å². The Morgan fingerprint density at radius 3 is 2.79 bits per heavy atom. The van der Waals surface area contributed by atoms with Crippen molar-refractivity contribution in [3.05, 3.63) is 0 Å². The zero-order chi connectivity index (χ0) is 10.1. The summed E-state index contributed by atoms with van der Waals surface area (Å²) < 4.78 is 0. The summed E-state index contributed by atoms with van der Waals surface area (Å²) >= 11 is 0. The molecule has 2 aliphatic rings. The minimum atomic E-state index is 0.370. The zero-order valence-electron chi connectivity index (χ0n) is 9.58. The molecule has 0 bridgehead atoms. The third-order valence-electron chi connectivity index (χ3n) is 4.18. The molecule has 0 spiro atoms. The van der Waals surface area contributed by atoms with Crippen molar-refractivity contribution in [1.29, 1.82) is 0 Å². The predicted octanol–water partition coefficient (Wildman–Crippen LogP) is 1.84. The Kier molecular flexibility index (Phi) is 3.13. The average molecular weight is 196 g/mol. The highest BCUT2D eigenvalue weighted by atomic mass is 15.2. The van der Waals surface area contributed by atoms with Gasteiger partial charge in [-0.2, -0.15) is 0 Å². The first-order valence-electron chi connectivity index (χ1n) is 6.18. The molecule has 0 aromatic rings. The van der Waals surface area contributed by atoms with Crippen LogP contribution in [0.2, 0.25) is 0 Å². The van der Waals surface area contributed by atoms with E-state index in [2.05, 4.69) is 18.7 Å². The summed E-state index contributed by atoms with van der Waals surface area (Å²) in [6, 6.07) is 1.26. The van der Waals surface area contributed by atoms with E-state index in [-0.39, 0.29) is 0 Å². The number of hydrogen-bond donors (Lipinski definition) is 1. The van der Waals surface area contributed by atoms with Crippen molar-refractivity contribution in [2.45, 2.75) is 51.6 Å². The molecule has 82 valence electrons. The van der Waals surface area contributed by atoms with E-state index in [9.17, 15) is 0 Å². The van der Waals surface area contributed by atoms with Crippen LogP contribution < -0.4 is 5.73 Å². The molecule has 0 amide bonds. The number of fused-ring (bicyclic) bond motifs is 1. The number of nitrogens with two attached hydrogens (primary N) is 1. The number of nitrogens with zero attached hydrogens (tertiary/aromatic N) is 1. The van der Waals surface area contributed by atoms with E-state index < -0.39 is 0 Å². The van der Waals surface area contributed by atoms with Gasteiger partial charge in [0.05, 0.1) is 0 Å². The fraction of sp³-hybridized carbons (Fsp3) is 1.00. The molecule has 2 unspecified atom stereocenters. The largest absolute Gasteiger partial charge is 0.326 e. The van der Waals surface area contributed by atoms with Crippen LogP contribution in [0.1, 0.15) is 39.5 Å². The van der Waals surface area contributed by atoms with E-state index in [4.69, 9.17) is 5.73 Å². The van der Waals surface area contributed by atoms with Gasteiger partial charge in [-0.3, -0.25) is 4.90 Å². The molecule has 2 heteroatoms. The Bertz CT molecular complexity index is 191. The summed E-state index contributed by atoms with van der Waals surface area (Å²) in [7, 11) is 0. The first-order valence-corrected chi connectivity index (χ1v) is 6.18. The minimum Gasteiger partial charge on any atom is -0.326 e. The van der Waals surface area contributed by atoms with Crippen molar-refractivity contribution in [2.75, 3.05) is 13.1 Å². The summed E-state index contributed by atoms with van der Waals surface area (Å²) in [5, 5.41) is 0. The van der Waals surface area contributed by atoms with E-state index in [1.807, 2.05) is 0 Å². The summed E-state index contributed by atoms with van der Waals surface area (Å²) in [6.45, 7) is 6.88. The van der Waals surface area contributed by atoms with Crippen molar-refractivity contribution in [3.8, 4) is 0 Å². The topological polar surface area (TPSA) is 29.3 Å². The lowest BCUT2D eigenvalue weighted by molar-refractivity contribution is 0.212. The molecule has 1 aliphatic carbocycles. The van der Waals surface area contributed by atoms with Gasteiger partial charge in [0.1, 0.15) is 0 Å². The van der Waals surface area contributed by atoms with Crippen LogP contribution in [0.5, 0.6) is 0 Å². The molecule has 2 nitrogen and oxygen atoms in total. The Hall–Kier alpha value is -0.0800. The van der Waals surface area contributed by atoms with Crippen LogP contribution in [0, 0.1) is 11.8 Å². The highest BCUT2D eigenvalue weighted by molar-refractivity contribution is 4.92. The molecule has 1 saturated carbocycles. The molecular formula is C12H24N2. The Morgan fingerprint density at radius 1 is 1.29 bits per heavy atom. The van der Waals surface area contributed by atoms with Gasteiger partial charge in [0.15, 0.2) is 0 Å². The molecule has 0 aromatic heterocycles. The lowest BCUT2D eigenvalue weighted by atomic mass is 10.0. The normalized spacial score (nSPS) is 35.1. The Balaban J connectivity index is 1.86. The SMILES string of the molecule is CC(C)[C@@H](N)CN1CCC2CCCC21. The number of rotatable bonds is 3. The lowest BCUT2D eigenvalue weighted by Crippen LogP contribution is -2.43. The van der Waals surface area contributed by atoms with Crippen molar-refractivity contribution < 1.29 is 0 Å². The minimum absolute atomic E-state index is 0.370. The second-order valence-corrected chi connectivity index (χ2v) is 5.45. The zero-order valence-corrected chi connectivity index (χ0v) is 9.58. The van der Waals surface area contributed by atoms with Gasteiger partial charge in [-0.25, -0.2) is 0 Å². The molecule has 0 aromatic carbocycles. The molecule has 2 fully saturated rings. The van der Waals surface area contributed by atoms with Crippen LogP contribution in [-0.4, -0.2) is 30.1 Å². The predicted molar refractivity (Wildman–Crippen MR) is 60.1 cm³/mol. The van der Waals surface area contributed by atoms with Gasteiger partial charge >= 0.3 is 0 Å². The smallest absolute Gasteiger partial charge is 0.0191 e. The van der Waals surface area contributed by atoms with Crippen molar-refractivity contribution >= 4 is 0 Å². The molecule has 14 heavy (non-hydrogen) atoms. The molecule has 0 radical (unpaired) electrons. The van der Waals surface area contributed by atoms with Crippen molar-refractivity contribution in [1.82, 2.24) is 4.90 Å². The first kappa shape index (κ1) is 10.4. The van der Waals surface area contributed by atoms with Crippen LogP contribution in [0.3, 0.4) is 0 Å². The molecule has 2 N–H and O–H groups in total. The van der Waals surface area contributed by atoms with Crippen molar-refractivity contribution in [2.24, 2.45) is 17.6 Å². The van der Waals surface area contributed by atoms with Gasteiger partial charge in [-0.15, -0.1) is 0 Å². The van der Waals surface area contributed by atoms with Crippen LogP contribution in [-0.2, 0) is 0 Å². The summed E-state index contributed by atoms with van der Waals surface area (Å²) in [6.07, 6.45) is 5.77. The van der Waals surface area contributed by atoms with Gasteiger partial charge in [-0.1, -0.05) is 20.3 Å². The van der Waals surface area contributed by atoms with Crippen LogP contribution in [0.25, 0.3) is 0 Å². The number of likely N-dealkylation sites (tertiary alicyclic amines) is 1. The summed E-state index contributed by atoms with van der Waals surface area (Å²) in [5.74, 6) is 1.63. The summed E-state index contributed by atoms with van der Waals surface area (Å²) in [5.41, 5.74) is 6.14. The van der Waals surface area contributed by atoms with Crippen molar-refractivity contribution in [3.63, 3.8) is 0 Å². The fourth-order valence-electron chi connectivity index (χ4n) is 3.04. The highest BCUT2D eigenvalue weighted by Gasteiger charge is 2.37. The third kappa shape index (κ3) is 1.96. The second kappa shape index (κ2) is 4.19. The van der Waals surface area contributed by atoms with Crippen LogP contribution >= 0.6 is 0 Å². The Morgan fingerprint density at radius 2 is 2.07 bits per heavy atom. The molecule has 2 rings (SSSR count). The van der Waals surface area contributed by atoms with Crippen LogP contribution in [0.4, 0.5) is 0 Å².